The maximum absolute atomic E-state index is 4.14. The lowest BCUT2D eigenvalue weighted by atomic mass is 10.2. The summed E-state index contributed by atoms with van der Waals surface area (Å²) in [6, 6.07) is 0. The molecule has 0 spiro atoms. The summed E-state index contributed by atoms with van der Waals surface area (Å²) >= 11 is 5.99. The minimum absolute atomic E-state index is 0.509. The predicted molar refractivity (Wildman–Crippen MR) is 39.5 cm³/mol. The first kappa shape index (κ1) is 6.76. The summed E-state index contributed by atoms with van der Waals surface area (Å²) in [5.41, 5.74) is 0. The first-order chi connectivity index (χ1) is 2.77. The van der Waals surface area contributed by atoms with Crippen LogP contribution < -0.4 is 0 Å². The summed E-state index contributed by atoms with van der Waals surface area (Å²) in [5.74, 6) is 1.17. The molecule has 0 saturated carbocycles. The Morgan fingerprint density at radius 2 is 2.50 bits per heavy atom. The van der Waals surface area contributed by atoms with Gasteiger partial charge in [0.2, 0.25) is 0 Å². The van der Waals surface area contributed by atoms with E-state index in [1.807, 2.05) is 11.8 Å². The van der Waals surface area contributed by atoms with Crippen molar-refractivity contribution in [3.8, 4) is 0 Å². The zero-order valence-electron chi connectivity index (χ0n) is 4.14. The van der Waals surface area contributed by atoms with Gasteiger partial charge < -0.3 is 0 Å². The summed E-state index contributed by atoms with van der Waals surface area (Å²) in [6.45, 7) is 2.14. The molecule has 36 valence electrons. The van der Waals surface area contributed by atoms with Gasteiger partial charge in [0.1, 0.15) is 7.85 Å². The first-order valence-electron chi connectivity index (χ1n) is 2.07. The Balaban J connectivity index is 2.63. The molecule has 0 amide bonds. The molecule has 0 saturated heterocycles. The fraction of sp³-hybridized carbons (Fsp3) is 1.00. The number of hydrogen-bond acceptors (Lipinski definition) is 2. The van der Waals surface area contributed by atoms with E-state index in [-0.39, 0.29) is 0 Å². The molecule has 0 heterocycles. The molecule has 1 atom stereocenters. The van der Waals surface area contributed by atoms with E-state index in [0.717, 1.165) is 0 Å². The smallest absolute Gasteiger partial charge is 0.131 e. The van der Waals surface area contributed by atoms with Gasteiger partial charge in [0.25, 0.3) is 0 Å². The Morgan fingerprint density at radius 3 is 2.50 bits per heavy atom. The van der Waals surface area contributed by atoms with Crippen molar-refractivity contribution in [1.29, 1.82) is 0 Å². The molecule has 0 fully saturated rings. The Labute approximate surface area is 49.9 Å². The topological polar surface area (TPSA) is 0 Å². The Hall–Kier alpha value is 0.765. The lowest BCUT2D eigenvalue weighted by Crippen LogP contribution is -1.87. The zero-order valence-corrected chi connectivity index (χ0v) is 5.85. The van der Waals surface area contributed by atoms with Crippen molar-refractivity contribution in [2.24, 2.45) is 0 Å². The maximum Gasteiger partial charge on any atom is 0.131 e. The number of rotatable bonds is 2. The van der Waals surface area contributed by atoms with Crippen LogP contribution in [-0.4, -0.2) is 18.1 Å². The van der Waals surface area contributed by atoms with Gasteiger partial charge in [-0.3, -0.25) is 0 Å². The molecule has 0 aromatic rings. The molecule has 0 aliphatic carbocycles. The van der Waals surface area contributed by atoms with Gasteiger partial charge in [0.05, 0.1) is 0 Å². The van der Waals surface area contributed by atoms with Crippen molar-refractivity contribution in [2.45, 2.75) is 11.4 Å². The molecule has 0 nitrogen and oxygen atoms in total. The highest BCUT2D eigenvalue weighted by atomic mass is 32.2. The standard InChI is InChI=1S/C3H9BS2/c1-2-6-3(4)5/h3,5H,2,4H2,1H3. The largest absolute Gasteiger partial charge is 0.174 e. The van der Waals surface area contributed by atoms with Gasteiger partial charge in [-0.05, 0) is 5.75 Å². The molecule has 0 bridgehead atoms. The number of thiol groups is 1. The fourth-order valence-electron chi connectivity index (χ4n) is 0.241. The van der Waals surface area contributed by atoms with Gasteiger partial charge in [0.15, 0.2) is 0 Å². The average molecular weight is 120 g/mol. The van der Waals surface area contributed by atoms with Crippen molar-refractivity contribution in [2.75, 3.05) is 5.75 Å². The second kappa shape index (κ2) is 3.94. The molecule has 3 heteroatoms. The van der Waals surface area contributed by atoms with Crippen LogP contribution in [0.15, 0.2) is 0 Å². The van der Waals surface area contributed by atoms with Crippen molar-refractivity contribution >= 4 is 32.2 Å². The first-order valence-corrected chi connectivity index (χ1v) is 3.63. The van der Waals surface area contributed by atoms with E-state index < -0.39 is 0 Å². The lowest BCUT2D eigenvalue weighted by Gasteiger charge is -1.95. The second-order valence-corrected chi connectivity index (χ2v) is 3.80. The maximum atomic E-state index is 4.14. The fourth-order valence-corrected chi connectivity index (χ4v) is 1.17. The van der Waals surface area contributed by atoms with Crippen LogP contribution in [0.2, 0.25) is 0 Å². The van der Waals surface area contributed by atoms with Gasteiger partial charge >= 0.3 is 0 Å². The van der Waals surface area contributed by atoms with Crippen LogP contribution in [0.5, 0.6) is 0 Å². The normalized spacial score (nSPS) is 14.3. The molecule has 0 radical (unpaired) electrons. The Morgan fingerprint density at radius 1 is 2.00 bits per heavy atom. The molecule has 0 aromatic carbocycles. The third kappa shape index (κ3) is 4.76. The van der Waals surface area contributed by atoms with Crippen molar-refractivity contribution < 1.29 is 0 Å². The highest BCUT2D eigenvalue weighted by molar-refractivity contribution is 8.11. The molecule has 0 aromatic heterocycles. The van der Waals surface area contributed by atoms with Crippen LogP contribution >= 0.6 is 24.4 Å². The van der Waals surface area contributed by atoms with Crippen LogP contribution in [0.3, 0.4) is 0 Å². The van der Waals surface area contributed by atoms with Crippen molar-refractivity contribution in [3.63, 3.8) is 0 Å². The quantitative estimate of drug-likeness (QED) is 0.316. The van der Waals surface area contributed by atoms with E-state index in [9.17, 15) is 0 Å². The third-order valence-corrected chi connectivity index (χ3v) is 1.67. The van der Waals surface area contributed by atoms with E-state index in [2.05, 4.69) is 27.4 Å². The van der Waals surface area contributed by atoms with Gasteiger partial charge in [-0.2, -0.15) is 24.4 Å². The van der Waals surface area contributed by atoms with E-state index in [1.165, 1.54) is 5.75 Å². The summed E-state index contributed by atoms with van der Waals surface area (Å²) in [4.78, 5) is 0. The van der Waals surface area contributed by atoms with E-state index in [4.69, 9.17) is 0 Å². The molecule has 0 aliphatic rings. The summed E-state index contributed by atoms with van der Waals surface area (Å²) in [5, 5.41) is 0. The van der Waals surface area contributed by atoms with Crippen LogP contribution in [0.4, 0.5) is 0 Å². The second-order valence-electron chi connectivity index (χ2n) is 1.05. The minimum atomic E-state index is 0.509. The van der Waals surface area contributed by atoms with E-state index in [0.29, 0.717) is 4.48 Å². The average Bonchev–Trinajstić information content (AvgIpc) is 1.35. The lowest BCUT2D eigenvalue weighted by molar-refractivity contribution is 1.52. The summed E-state index contributed by atoms with van der Waals surface area (Å²) < 4.78 is 0.509. The zero-order chi connectivity index (χ0) is 4.99. The minimum Gasteiger partial charge on any atom is -0.174 e. The molecule has 6 heavy (non-hydrogen) atoms. The molecule has 0 aliphatic heterocycles. The van der Waals surface area contributed by atoms with Crippen molar-refractivity contribution in [1.82, 2.24) is 0 Å². The molecular weight excluding hydrogens is 111 g/mol. The number of hydrogen-bond donors (Lipinski definition) is 1. The Bertz CT molecular complexity index is 30.0. The summed E-state index contributed by atoms with van der Waals surface area (Å²) in [7, 11) is 2.08. The number of thioether (sulfide) groups is 1. The van der Waals surface area contributed by atoms with Gasteiger partial charge in [-0.1, -0.05) is 6.92 Å². The van der Waals surface area contributed by atoms with Crippen molar-refractivity contribution in [3.05, 3.63) is 0 Å². The van der Waals surface area contributed by atoms with Crippen LogP contribution in [0.25, 0.3) is 0 Å². The highest BCUT2D eigenvalue weighted by Gasteiger charge is 1.87. The molecule has 0 rings (SSSR count). The van der Waals surface area contributed by atoms with Crippen LogP contribution in [0.1, 0.15) is 6.92 Å². The van der Waals surface area contributed by atoms with Crippen LogP contribution in [-0.2, 0) is 0 Å². The monoisotopic (exact) mass is 120 g/mol. The van der Waals surface area contributed by atoms with Crippen LogP contribution in [0, 0.1) is 0 Å². The highest BCUT2D eigenvalue weighted by Crippen LogP contribution is 2.08. The summed E-state index contributed by atoms with van der Waals surface area (Å²) in [6.07, 6.45) is 0. The van der Waals surface area contributed by atoms with E-state index in [1.54, 1.807) is 0 Å². The van der Waals surface area contributed by atoms with Gasteiger partial charge in [0, 0.05) is 4.48 Å². The van der Waals surface area contributed by atoms with E-state index >= 15 is 0 Å². The van der Waals surface area contributed by atoms with Gasteiger partial charge in [-0.15, -0.1) is 0 Å². The molecule has 0 N–H and O–H groups in total. The van der Waals surface area contributed by atoms with Gasteiger partial charge in [-0.25, -0.2) is 0 Å². The Kier molecular flexibility index (Phi) is 4.44. The SMILES string of the molecule is BC(S)SCC. The third-order valence-electron chi connectivity index (χ3n) is 0.408. The molecular formula is C3H9BS2. The molecule has 1 unspecified atom stereocenters. The predicted octanol–water partition coefficient (Wildman–Crippen LogP) is 0.586.